The lowest BCUT2D eigenvalue weighted by molar-refractivity contribution is 0.0126. The molecule has 0 radical (unpaired) electrons. The topological polar surface area (TPSA) is 29.5 Å². The van der Waals surface area contributed by atoms with Gasteiger partial charge in [-0.2, -0.15) is 12.6 Å². The first-order chi connectivity index (χ1) is 6.94. The summed E-state index contributed by atoms with van der Waals surface area (Å²) in [6.07, 6.45) is 3.11. The molecule has 0 N–H and O–H groups in total. The van der Waals surface area contributed by atoms with Crippen LogP contribution in [0.1, 0.15) is 40.0 Å². The number of thiol groups is 1. The van der Waals surface area contributed by atoms with Gasteiger partial charge in [0.25, 0.3) is 0 Å². The summed E-state index contributed by atoms with van der Waals surface area (Å²) < 4.78 is 5.36. The highest BCUT2D eigenvalue weighted by atomic mass is 32.1. The summed E-state index contributed by atoms with van der Waals surface area (Å²) in [6, 6.07) is 0.247. The lowest BCUT2D eigenvalue weighted by Crippen LogP contribution is -2.46. The Hall–Kier alpha value is -0.380. The van der Waals surface area contributed by atoms with Crippen molar-refractivity contribution < 1.29 is 9.53 Å². The Balaban J connectivity index is 2.56. The smallest absolute Gasteiger partial charge is 0.410 e. The molecule has 0 bridgehead atoms. The van der Waals surface area contributed by atoms with Gasteiger partial charge in [-0.25, -0.2) is 4.79 Å². The Morgan fingerprint density at radius 1 is 1.47 bits per heavy atom. The number of carbonyl (C=O) groups is 1. The molecule has 0 saturated carbocycles. The average molecular weight is 231 g/mol. The summed E-state index contributed by atoms with van der Waals surface area (Å²) in [6.45, 7) is 6.49. The van der Waals surface area contributed by atoms with E-state index in [1.807, 2.05) is 25.7 Å². The number of carbonyl (C=O) groups excluding carboxylic acids is 1. The SMILES string of the molecule is CC(C)(C)OC(=O)N1CCCC[C@@H]1CS. The number of hydrogen-bond donors (Lipinski definition) is 1. The number of rotatable bonds is 1. The minimum absolute atomic E-state index is 0.193. The Bertz CT molecular complexity index is 225. The molecule has 0 aliphatic carbocycles. The number of likely N-dealkylation sites (tertiary alicyclic amines) is 1. The third-order valence-electron chi connectivity index (χ3n) is 2.47. The highest BCUT2D eigenvalue weighted by Gasteiger charge is 2.29. The molecular weight excluding hydrogens is 210 g/mol. The van der Waals surface area contributed by atoms with Crippen molar-refractivity contribution in [3.8, 4) is 0 Å². The van der Waals surface area contributed by atoms with E-state index in [0.29, 0.717) is 0 Å². The van der Waals surface area contributed by atoms with Gasteiger partial charge in [-0.15, -0.1) is 0 Å². The first-order valence-corrected chi connectivity index (χ1v) is 6.18. The summed E-state index contributed by atoms with van der Waals surface area (Å²) >= 11 is 4.28. The van der Waals surface area contributed by atoms with Crippen LogP contribution in [0.5, 0.6) is 0 Å². The van der Waals surface area contributed by atoms with Crippen LogP contribution in [0, 0.1) is 0 Å². The molecule has 0 aromatic carbocycles. The van der Waals surface area contributed by atoms with Crippen LogP contribution in [0.15, 0.2) is 0 Å². The number of hydrogen-bond acceptors (Lipinski definition) is 3. The van der Waals surface area contributed by atoms with Crippen LogP contribution >= 0.6 is 12.6 Å². The first kappa shape index (κ1) is 12.7. The maximum atomic E-state index is 11.9. The molecule has 0 spiro atoms. The van der Waals surface area contributed by atoms with Gasteiger partial charge in [-0.05, 0) is 40.0 Å². The van der Waals surface area contributed by atoms with Crippen LogP contribution in [-0.2, 0) is 4.74 Å². The minimum Gasteiger partial charge on any atom is -0.444 e. The largest absolute Gasteiger partial charge is 0.444 e. The fourth-order valence-corrected chi connectivity index (χ4v) is 2.13. The molecule has 4 heteroatoms. The van der Waals surface area contributed by atoms with Crippen LogP contribution in [-0.4, -0.2) is 34.9 Å². The van der Waals surface area contributed by atoms with Gasteiger partial charge < -0.3 is 9.64 Å². The molecular formula is C11H21NO2S. The van der Waals surface area contributed by atoms with Gasteiger partial charge in [0.2, 0.25) is 0 Å². The predicted molar refractivity (Wildman–Crippen MR) is 64.4 cm³/mol. The number of ether oxygens (including phenoxy) is 1. The summed E-state index contributed by atoms with van der Waals surface area (Å²) in [5.41, 5.74) is -0.407. The normalized spacial score (nSPS) is 22.7. The molecule has 3 nitrogen and oxygen atoms in total. The van der Waals surface area contributed by atoms with Crippen LogP contribution < -0.4 is 0 Å². The zero-order valence-corrected chi connectivity index (χ0v) is 10.7. The maximum Gasteiger partial charge on any atom is 0.410 e. The molecule has 0 aromatic heterocycles. The van der Waals surface area contributed by atoms with E-state index in [-0.39, 0.29) is 12.1 Å². The molecule has 1 atom stereocenters. The van der Waals surface area contributed by atoms with Crippen molar-refractivity contribution in [1.29, 1.82) is 0 Å². The highest BCUT2D eigenvalue weighted by molar-refractivity contribution is 7.80. The standard InChI is InChI=1S/C11H21NO2S/c1-11(2,3)14-10(13)12-7-5-4-6-9(12)8-15/h9,15H,4-8H2,1-3H3/t9-/m1/s1. The predicted octanol–water partition coefficient (Wildman–Crippen LogP) is 2.71. The third kappa shape index (κ3) is 3.93. The van der Waals surface area contributed by atoms with Crippen molar-refractivity contribution in [3.05, 3.63) is 0 Å². The molecule has 0 aromatic rings. The summed E-state index contributed by atoms with van der Waals surface area (Å²) in [5.74, 6) is 0.721. The molecule has 15 heavy (non-hydrogen) atoms. The lowest BCUT2D eigenvalue weighted by atomic mass is 10.0. The van der Waals surface area contributed by atoms with Gasteiger partial charge >= 0.3 is 6.09 Å². The van der Waals surface area contributed by atoms with E-state index in [2.05, 4.69) is 12.6 Å². The zero-order valence-electron chi connectivity index (χ0n) is 9.82. The minimum atomic E-state index is -0.407. The van der Waals surface area contributed by atoms with Gasteiger partial charge in [0, 0.05) is 18.3 Å². The van der Waals surface area contributed by atoms with Gasteiger partial charge in [0.15, 0.2) is 0 Å². The Kier molecular flexibility index (Phi) is 4.32. The van der Waals surface area contributed by atoms with Crippen molar-refractivity contribution in [2.24, 2.45) is 0 Å². The van der Waals surface area contributed by atoms with Crippen molar-refractivity contribution in [2.45, 2.75) is 51.7 Å². The van der Waals surface area contributed by atoms with E-state index < -0.39 is 5.60 Å². The van der Waals surface area contributed by atoms with E-state index in [9.17, 15) is 4.79 Å². The monoisotopic (exact) mass is 231 g/mol. The van der Waals surface area contributed by atoms with Crippen molar-refractivity contribution in [3.63, 3.8) is 0 Å². The van der Waals surface area contributed by atoms with Crippen molar-refractivity contribution in [2.75, 3.05) is 12.3 Å². The number of amides is 1. The molecule has 1 amide bonds. The Labute approximate surface area is 97.6 Å². The van der Waals surface area contributed by atoms with E-state index >= 15 is 0 Å². The molecule has 1 heterocycles. The molecule has 1 aliphatic heterocycles. The maximum absolute atomic E-state index is 11.9. The number of piperidine rings is 1. The fraction of sp³-hybridized carbons (Fsp3) is 0.909. The van der Waals surface area contributed by atoms with Crippen LogP contribution in [0.3, 0.4) is 0 Å². The van der Waals surface area contributed by atoms with Crippen molar-refractivity contribution >= 4 is 18.7 Å². The van der Waals surface area contributed by atoms with Gasteiger partial charge in [0.1, 0.15) is 5.60 Å². The third-order valence-corrected chi connectivity index (χ3v) is 2.89. The second-order valence-corrected chi connectivity index (χ2v) is 5.37. The van der Waals surface area contributed by atoms with E-state index in [1.165, 1.54) is 6.42 Å². The van der Waals surface area contributed by atoms with Crippen LogP contribution in [0.2, 0.25) is 0 Å². The number of nitrogens with zero attached hydrogens (tertiary/aromatic N) is 1. The summed E-state index contributed by atoms with van der Waals surface area (Å²) in [5, 5.41) is 0. The Morgan fingerprint density at radius 2 is 2.13 bits per heavy atom. The van der Waals surface area contributed by atoms with E-state index in [4.69, 9.17) is 4.74 Å². The summed E-state index contributed by atoms with van der Waals surface area (Å²) in [7, 11) is 0. The quantitative estimate of drug-likeness (QED) is 0.703. The van der Waals surface area contributed by atoms with Gasteiger partial charge in [0.05, 0.1) is 0 Å². The van der Waals surface area contributed by atoms with Gasteiger partial charge in [-0.3, -0.25) is 0 Å². The molecule has 1 saturated heterocycles. The molecule has 1 rings (SSSR count). The van der Waals surface area contributed by atoms with Crippen LogP contribution in [0.4, 0.5) is 4.79 Å². The second-order valence-electron chi connectivity index (χ2n) is 5.01. The fourth-order valence-electron chi connectivity index (χ4n) is 1.75. The van der Waals surface area contributed by atoms with E-state index in [0.717, 1.165) is 25.1 Å². The highest BCUT2D eigenvalue weighted by Crippen LogP contribution is 2.20. The zero-order chi connectivity index (χ0) is 11.5. The van der Waals surface area contributed by atoms with E-state index in [1.54, 1.807) is 0 Å². The molecule has 88 valence electrons. The lowest BCUT2D eigenvalue weighted by Gasteiger charge is -2.36. The first-order valence-electron chi connectivity index (χ1n) is 5.54. The van der Waals surface area contributed by atoms with Gasteiger partial charge in [-0.1, -0.05) is 0 Å². The summed E-state index contributed by atoms with van der Waals surface area (Å²) in [4.78, 5) is 13.7. The van der Waals surface area contributed by atoms with Crippen molar-refractivity contribution in [1.82, 2.24) is 4.90 Å². The Morgan fingerprint density at radius 3 is 2.67 bits per heavy atom. The van der Waals surface area contributed by atoms with Crippen LogP contribution in [0.25, 0.3) is 0 Å². The average Bonchev–Trinajstić information content (AvgIpc) is 2.15. The molecule has 0 unspecified atom stereocenters. The second kappa shape index (κ2) is 5.10. The molecule has 1 fully saturated rings. The molecule has 1 aliphatic rings.